The van der Waals surface area contributed by atoms with Crippen molar-refractivity contribution in [2.24, 2.45) is 7.05 Å². The van der Waals surface area contributed by atoms with Gasteiger partial charge in [0.15, 0.2) is 5.69 Å². The van der Waals surface area contributed by atoms with Crippen LogP contribution in [-0.2, 0) is 18.0 Å². The quantitative estimate of drug-likeness (QED) is 0.450. The molecule has 9 heteroatoms. The molecule has 1 heterocycles. The Morgan fingerprint density at radius 3 is 2.26 bits per heavy atom. The minimum absolute atomic E-state index is 0.102. The molecule has 2 aromatic carbocycles. The van der Waals surface area contributed by atoms with Crippen LogP contribution in [0.3, 0.4) is 0 Å². The molecule has 1 amide bonds. The minimum Gasteiger partial charge on any atom is -0.279 e. The van der Waals surface area contributed by atoms with Gasteiger partial charge in [0, 0.05) is 17.6 Å². The van der Waals surface area contributed by atoms with E-state index in [2.05, 4.69) is 5.10 Å². The van der Waals surface area contributed by atoms with Crippen molar-refractivity contribution >= 4 is 29.5 Å². The predicted octanol–water partition coefficient (Wildman–Crippen LogP) is 5.02. The smallest absolute Gasteiger partial charge is 0.279 e. The Morgan fingerprint density at radius 2 is 1.70 bits per heavy atom. The first-order chi connectivity index (χ1) is 12.8. The number of nitrogens with zero attached hydrogens (tertiary/aromatic N) is 3. The van der Waals surface area contributed by atoms with Gasteiger partial charge in [-0.05, 0) is 36.4 Å². The number of hydrogen-bond acceptors (Lipinski definition) is 3. The Labute approximate surface area is 156 Å². The molecule has 140 valence electrons. The van der Waals surface area contributed by atoms with E-state index in [1.54, 1.807) is 18.2 Å². The van der Waals surface area contributed by atoms with Gasteiger partial charge in [-0.15, -0.1) is 0 Å². The number of para-hydroxylation sites is 1. The lowest BCUT2D eigenvalue weighted by molar-refractivity contribution is -0.140. The van der Waals surface area contributed by atoms with Crippen LogP contribution in [0.15, 0.2) is 64.5 Å². The molecule has 0 fully saturated rings. The molecule has 1 aromatic heterocycles. The molecule has 0 saturated heterocycles. The second-order valence-corrected chi connectivity index (χ2v) is 6.55. The summed E-state index contributed by atoms with van der Waals surface area (Å²) in [6, 6.07) is 13.3. The summed E-state index contributed by atoms with van der Waals surface area (Å²) in [4.78, 5) is 13.1. The molecular formula is C18H13F4N3OS. The Kier molecular flexibility index (Phi) is 5.22. The molecule has 0 bridgehead atoms. The lowest BCUT2D eigenvalue weighted by Crippen LogP contribution is -2.19. The van der Waals surface area contributed by atoms with E-state index < -0.39 is 17.7 Å². The number of alkyl halides is 3. The zero-order chi connectivity index (χ0) is 19.6. The van der Waals surface area contributed by atoms with E-state index in [0.29, 0.717) is 11.3 Å². The van der Waals surface area contributed by atoms with Crippen LogP contribution >= 0.6 is 11.8 Å². The van der Waals surface area contributed by atoms with Gasteiger partial charge in [0.25, 0.3) is 0 Å². The topological polar surface area (TPSA) is 38.1 Å². The third-order valence-corrected chi connectivity index (χ3v) is 4.81. The highest BCUT2D eigenvalue weighted by molar-refractivity contribution is 7.99. The lowest BCUT2D eigenvalue weighted by atomic mass is 10.2. The number of benzene rings is 2. The van der Waals surface area contributed by atoms with E-state index in [4.69, 9.17) is 0 Å². The first-order valence-electron chi connectivity index (χ1n) is 7.68. The summed E-state index contributed by atoms with van der Waals surface area (Å²) in [6.07, 6.45) is -4.44. The summed E-state index contributed by atoms with van der Waals surface area (Å²) in [5.74, 6) is -0.459. The molecule has 0 aliphatic heterocycles. The van der Waals surface area contributed by atoms with Crippen LogP contribution in [0, 0.1) is 5.82 Å². The average molecular weight is 395 g/mol. The Hall–Kier alpha value is -2.81. The number of hydrogen-bond donors (Lipinski definition) is 0. The van der Waals surface area contributed by atoms with E-state index in [1.807, 2.05) is 0 Å². The fraction of sp³-hybridized carbons (Fsp3) is 0.111. The van der Waals surface area contributed by atoms with Gasteiger partial charge in [-0.3, -0.25) is 14.4 Å². The normalized spacial score (nSPS) is 11.4. The van der Waals surface area contributed by atoms with Crippen molar-refractivity contribution in [3.63, 3.8) is 0 Å². The average Bonchev–Trinajstić information content (AvgIpc) is 2.96. The first kappa shape index (κ1) is 19.0. The van der Waals surface area contributed by atoms with Crippen molar-refractivity contribution in [3.8, 4) is 0 Å². The fourth-order valence-corrected chi connectivity index (χ4v) is 3.43. The number of amides is 1. The number of anilines is 2. The molecule has 0 saturated carbocycles. The van der Waals surface area contributed by atoms with Gasteiger partial charge in [0.2, 0.25) is 6.41 Å². The fourth-order valence-electron chi connectivity index (χ4n) is 2.47. The van der Waals surface area contributed by atoms with E-state index in [-0.39, 0.29) is 16.4 Å². The molecule has 3 rings (SSSR count). The Morgan fingerprint density at radius 1 is 1.07 bits per heavy atom. The summed E-state index contributed by atoms with van der Waals surface area (Å²) in [5.41, 5.74) is -1.28. The van der Waals surface area contributed by atoms with Crippen LogP contribution in [-0.4, -0.2) is 16.2 Å². The number of carbonyl (C=O) groups is 1. The van der Waals surface area contributed by atoms with Crippen LogP contribution in [0.2, 0.25) is 0 Å². The van der Waals surface area contributed by atoms with E-state index >= 15 is 0 Å². The molecule has 0 aliphatic carbocycles. The summed E-state index contributed by atoms with van der Waals surface area (Å²) < 4.78 is 54.9. The van der Waals surface area contributed by atoms with Crippen LogP contribution < -0.4 is 4.90 Å². The van der Waals surface area contributed by atoms with Crippen molar-refractivity contribution in [3.05, 3.63) is 66.1 Å². The third kappa shape index (κ3) is 3.97. The number of halogens is 4. The number of aryl methyl sites for hydroxylation is 1. The second-order valence-electron chi connectivity index (χ2n) is 5.49. The first-order valence-corrected chi connectivity index (χ1v) is 8.50. The summed E-state index contributed by atoms with van der Waals surface area (Å²) in [5, 5.41) is 3.69. The second kappa shape index (κ2) is 7.43. The van der Waals surface area contributed by atoms with Gasteiger partial charge in [0.05, 0.1) is 0 Å². The Bertz CT molecular complexity index is 940. The Balaban J connectivity index is 2.17. The van der Waals surface area contributed by atoms with Gasteiger partial charge in [-0.25, -0.2) is 4.39 Å². The van der Waals surface area contributed by atoms with Crippen molar-refractivity contribution in [1.29, 1.82) is 0 Å². The summed E-state index contributed by atoms with van der Waals surface area (Å²) >= 11 is 0.958. The maximum Gasteiger partial charge on any atom is 0.437 e. The molecule has 0 radical (unpaired) electrons. The van der Waals surface area contributed by atoms with E-state index in [9.17, 15) is 22.4 Å². The molecule has 0 unspecified atom stereocenters. The van der Waals surface area contributed by atoms with Crippen LogP contribution in [0.4, 0.5) is 28.9 Å². The van der Waals surface area contributed by atoms with Gasteiger partial charge in [0.1, 0.15) is 16.5 Å². The van der Waals surface area contributed by atoms with E-state index in [1.165, 1.54) is 43.4 Å². The number of aromatic nitrogens is 2. The van der Waals surface area contributed by atoms with Crippen molar-refractivity contribution in [2.45, 2.75) is 16.1 Å². The highest BCUT2D eigenvalue weighted by atomic mass is 32.2. The lowest BCUT2D eigenvalue weighted by Gasteiger charge is -2.20. The molecule has 0 aliphatic rings. The molecule has 4 nitrogen and oxygen atoms in total. The molecular weight excluding hydrogens is 382 g/mol. The maximum atomic E-state index is 13.6. The van der Waals surface area contributed by atoms with Gasteiger partial charge in [-0.1, -0.05) is 30.0 Å². The molecule has 0 spiro atoms. The third-order valence-electron chi connectivity index (χ3n) is 3.65. The zero-order valence-corrected chi connectivity index (χ0v) is 14.8. The molecule has 0 atom stereocenters. The molecule has 3 aromatic rings. The summed E-state index contributed by atoms with van der Waals surface area (Å²) in [6.45, 7) is 0. The maximum absolute atomic E-state index is 13.6. The van der Waals surface area contributed by atoms with Crippen LogP contribution in [0.5, 0.6) is 0 Å². The van der Waals surface area contributed by atoms with Crippen molar-refractivity contribution in [2.75, 3.05) is 4.90 Å². The zero-order valence-electron chi connectivity index (χ0n) is 13.9. The molecule has 27 heavy (non-hydrogen) atoms. The largest absolute Gasteiger partial charge is 0.437 e. The van der Waals surface area contributed by atoms with Crippen LogP contribution in [0.25, 0.3) is 0 Å². The highest BCUT2D eigenvalue weighted by Crippen LogP contribution is 2.45. The van der Waals surface area contributed by atoms with Gasteiger partial charge < -0.3 is 0 Å². The number of rotatable bonds is 5. The monoisotopic (exact) mass is 395 g/mol. The SMILES string of the molecule is Cn1nc(C(F)(F)F)c(N(C=O)c2ccccc2)c1Sc1ccc(F)cc1. The standard InChI is InChI=1S/C18H13F4N3OS/c1-24-17(27-14-9-7-12(19)8-10-14)15(16(23-24)18(20,21)22)25(11-26)13-5-3-2-4-6-13/h2-11H,1H3. The molecule has 0 N–H and O–H groups in total. The van der Waals surface area contributed by atoms with E-state index in [0.717, 1.165) is 21.3 Å². The van der Waals surface area contributed by atoms with Crippen LogP contribution in [0.1, 0.15) is 5.69 Å². The number of carbonyl (C=O) groups excluding carboxylic acids is 1. The highest BCUT2D eigenvalue weighted by Gasteiger charge is 2.41. The van der Waals surface area contributed by atoms with Crippen molar-refractivity contribution < 1.29 is 22.4 Å². The minimum atomic E-state index is -4.76. The predicted molar refractivity (Wildman–Crippen MR) is 93.4 cm³/mol. The van der Waals surface area contributed by atoms with Crippen molar-refractivity contribution in [1.82, 2.24) is 9.78 Å². The van der Waals surface area contributed by atoms with Gasteiger partial charge >= 0.3 is 6.18 Å². The summed E-state index contributed by atoms with van der Waals surface area (Å²) in [7, 11) is 1.36. The van der Waals surface area contributed by atoms with Gasteiger partial charge in [-0.2, -0.15) is 18.3 Å².